The minimum Gasteiger partial charge on any atom is -0.317 e. The van der Waals surface area contributed by atoms with E-state index in [4.69, 9.17) is 0 Å². The van der Waals surface area contributed by atoms with E-state index in [2.05, 4.69) is 53.0 Å². The summed E-state index contributed by atoms with van der Waals surface area (Å²) in [6.07, 6.45) is 1.69. The molecule has 5 nitrogen and oxygen atoms in total. The number of nitrogens with zero attached hydrogens (tertiary/aromatic N) is 4. The number of rotatable bonds is 3. The molecule has 2 heterocycles. The van der Waals surface area contributed by atoms with Crippen LogP contribution in [0.3, 0.4) is 0 Å². The van der Waals surface area contributed by atoms with E-state index in [1.807, 2.05) is 32.0 Å². The van der Waals surface area contributed by atoms with E-state index in [1.54, 1.807) is 19.2 Å². The first-order valence-electron chi connectivity index (χ1n) is 9.77. The number of pyridine rings is 1. The van der Waals surface area contributed by atoms with Crippen LogP contribution in [0.15, 0.2) is 64.5 Å². The van der Waals surface area contributed by atoms with Gasteiger partial charge in [-0.05, 0) is 56.8 Å². The Morgan fingerprint density at radius 1 is 0.967 bits per heavy atom. The Labute approximate surface area is 175 Å². The number of hydrogen-bond donors (Lipinski definition) is 0. The van der Waals surface area contributed by atoms with Crippen LogP contribution in [0.1, 0.15) is 33.8 Å². The molecule has 0 aliphatic heterocycles. The molecule has 0 saturated heterocycles. The van der Waals surface area contributed by atoms with Gasteiger partial charge in [-0.2, -0.15) is 10.4 Å². The molecule has 30 heavy (non-hydrogen) atoms. The van der Waals surface area contributed by atoms with Gasteiger partial charge in [0.05, 0.1) is 11.9 Å². The third-order valence-corrected chi connectivity index (χ3v) is 5.46. The highest BCUT2D eigenvalue weighted by Gasteiger charge is 2.13. The lowest BCUT2D eigenvalue weighted by molar-refractivity contribution is 0.786. The van der Waals surface area contributed by atoms with Crippen molar-refractivity contribution >= 4 is 17.0 Å². The van der Waals surface area contributed by atoms with Gasteiger partial charge in [0, 0.05) is 28.0 Å². The van der Waals surface area contributed by atoms with E-state index in [1.165, 1.54) is 15.4 Å². The van der Waals surface area contributed by atoms with E-state index in [9.17, 15) is 10.1 Å². The number of fused-ring (bicyclic) bond motifs is 1. The first-order valence-corrected chi connectivity index (χ1v) is 9.77. The molecule has 0 N–H and O–H groups in total. The van der Waals surface area contributed by atoms with Crippen LogP contribution in [0.4, 0.5) is 0 Å². The topological polar surface area (TPSA) is 63.1 Å². The molecule has 0 atom stereocenters. The molecule has 0 bridgehead atoms. The van der Waals surface area contributed by atoms with Gasteiger partial charge in [0.1, 0.15) is 11.6 Å². The Bertz CT molecular complexity index is 1410. The van der Waals surface area contributed by atoms with Crippen LogP contribution >= 0.6 is 0 Å². The summed E-state index contributed by atoms with van der Waals surface area (Å²) in [5, 5.41) is 16.0. The number of benzene rings is 2. The van der Waals surface area contributed by atoms with Crippen molar-refractivity contribution in [2.45, 2.75) is 27.7 Å². The van der Waals surface area contributed by atoms with Gasteiger partial charge in [-0.1, -0.05) is 36.4 Å². The normalized spacial score (nSPS) is 11.3. The molecule has 0 aliphatic rings. The summed E-state index contributed by atoms with van der Waals surface area (Å²) >= 11 is 0. The van der Waals surface area contributed by atoms with E-state index in [0.717, 1.165) is 22.6 Å². The van der Waals surface area contributed by atoms with Crippen molar-refractivity contribution in [3.63, 3.8) is 0 Å². The van der Waals surface area contributed by atoms with Crippen LogP contribution < -0.4 is 5.56 Å². The molecule has 2 aromatic carbocycles. The molecule has 0 amide bonds. The fourth-order valence-corrected chi connectivity index (χ4v) is 3.97. The largest absolute Gasteiger partial charge is 0.317 e. The summed E-state index contributed by atoms with van der Waals surface area (Å²) in [4.78, 5) is 12.6. The highest BCUT2D eigenvalue weighted by atomic mass is 16.1. The van der Waals surface area contributed by atoms with E-state index < -0.39 is 5.56 Å². The predicted octanol–water partition coefficient (Wildman–Crippen LogP) is 4.78. The molecule has 0 saturated carbocycles. The van der Waals surface area contributed by atoms with E-state index in [-0.39, 0.29) is 5.56 Å². The van der Waals surface area contributed by atoms with Gasteiger partial charge in [-0.25, -0.2) is 4.68 Å². The molecule has 2 aromatic heterocycles. The Kier molecular flexibility index (Phi) is 4.85. The predicted molar refractivity (Wildman–Crippen MR) is 121 cm³/mol. The maximum absolute atomic E-state index is 12.6. The zero-order valence-electron chi connectivity index (χ0n) is 17.5. The fraction of sp³-hybridized carbons (Fsp3) is 0.160. The van der Waals surface area contributed by atoms with E-state index >= 15 is 0 Å². The first-order chi connectivity index (χ1) is 14.4. The van der Waals surface area contributed by atoms with Gasteiger partial charge in [0.15, 0.2) is 0 Å². The van der Waals surface area contributed by atoms with Gasteiger partial charge in [0.25, 0.3) is 5.56 Å². The Hall–Kier alpha value is -3.91. The second-order valence-corrected chi connectivity index (χ2v) is 7.48. The molecule has 0 radical (unpaired) electrons. The summed E-state index contributed by atoms with van der Waals surface area (Å²) < 4.78 is 3.49. The minimum atomic E-state index is -0.394. The van der Waals surface area contributed by atoms with Crippen molar-refractivity contribution in [2.75, 3.05) is 0 Å². The molecule has 0 aliphatic carbocycles. The molecule has 148 valence electrons. The molecular formula is C25H22N4O. The quantitative estimate of drug-likeness (QED) is 0.470. The Morgan fingerprint density at radius 2 is 1.70 bits per heavy atom. The highest BCUT2D eigenvalue weighted by molar-refractivity contribution is 5.91. The van der Waals surface area contributed by atoms with Gasteiger partial charge in [-0.15, -0.1) is 0 Å². The van der Waals surface area contributed by atoms with E-state index in [0.29, 0.717) is 11.3 Å². The molecule has 5 heteroatoms. The van der Waals surface area contributed by atoms with Crippen LogP contribution in [-0.4, -0.2) is 15.5 Å². The molecule has 4 aromatic rings. The van der Waals surface area contributed by atoms with Crippen molar-refractivity contribution in [2.24, 2.45) is 5.10 Å². The number of aromatic nitrogens is 2. The van der Waals surface area contributed by atoms with Crippen LogP contribution in [0.25, 0.3) is 16.5 Å². The van der Waals surface area contributed by atoms with Gasteiger partial charge in [-0.3, -0.25) is 4.79 Å². The lowest BCUT2D eigenvalue weighted by Crippen LogP contribution is -2.22. The van der Waals surface area contributed by atoms with Crippen molar-refractivity contribution < 1.29 is 0 Å². The lowest BCUT2D eigenvalue weighted by Gasteiger charge is -2.13. The lowest BCUT2D eigenvalue weighted by atomic mass is 10.1. The molecular weight excluding hydrogens is 372 g/mol. The smallest absolute Gasteiger partial charge is 0.289 e. The summed E-state index contributed by atoms with van der Waals surface area (Å²) in [7, 11) is 0. The van der Waals surface area contributed by atoms with Crippen molar-refractivity contribution in [1.82, 2.24) is 9.24 Å². The number of nitriles is 1. The van der Waals surface area contributed by atoms with Gasteiger partial charge < -0.3 is 4.57 Å². The second-order valence-electron chi connectivity index (χ2n) is 7.48. The summed E-state index contributed by atoms with van der Waals surface area (Å²) in [6, 6.07) is 20.4. The molecule has 4 rings (SSSR count). The summed E-state index contributed by atoms with van der Waals surface area (Å²) in [6.45, 7) is 7.68. The van der Waals surface area contributed by atoms with Crippen LogP contribution in [0.5, 0.6) is 0 Å². The monoisotopic (exact) mass is 394 g/mol. The average Bonchev–Trinajstić information content (AvgIpc) is 3.00. The summed E-state index contributed by atoms with van der Waals surface area (Å²) in [5.74, 6) is 0. The number of hydrogen-bond acceptors (Lipinski definition) is 3. The van der Waals surface area contributed by atoms with Crippen molar-refractivity contribution in [3.05, 3.63) is 98.7 Å². The third-order valence-electron chi connectivity index (χ3n) is 5.46. The minimum absolute atomic E-state index is 0.124. The zero-order chi connectivity index (χ0) is 21.4. The van der Waals surface area contributed by atoms with Gasteiger partial charge in [0.2, 0.25) is 0 Å². The average molecular weight is 394 g/mol. The SMILES string of the molecule is Cc1cc(C)n(/N=C/c2cc(C)n(-c3cccc4ccccc34)c2C)c(=O)c1C#N. The second kappa shape index (κ2) is 7.49. The van der Waals surface area contributed by atoms with Crippen LogP contribution in [-0.2, 0) is 0 Å². The highest BCUT2D eigenvalue weighted by Crippen LogP contribution is 2.26. The summed E-state index contributed by atoms with van der Waals surface area (Å²) in [5.41, 5.74) is 5.23. The maximum atomic E-state index is 12.6. The third kappa shape index (κ3) is 3.13. The van der Waals surface area contributed by atoms with Crippen LogP contribution in [0, 0.1) is 39.0 Å². The molecule has 0 fully saturated rings. The van der Waals surface area contributed by atoms with Gasteiger partial charge >= 0.3 is 0 Å². The van der Waals surface area contributed by atoms with Crippen LogP contribution in [0.2, 0.25) is 0 Å². The molecule has 0 spiro atoms. The fourth-order valence-electron chi connectivity index (χ4n) is 3.97. The zero-order valence-corrected chi connectivity index (χ0v) is 17.5. The van der Waals surface area contributed by atoms with Crippen molar-refractivity contribution in [3.8, 4) is 11.8 Å². The molecule has 0 unspecified atom stereocenters. The first kappa shape index (κ1) is 19.4. The maximum Gasteiger partial charge on any atom is 0.289 e. The Balaban J connectivity index is 1.83. The number of aryl methyl sites for hydroxylation is 3. The Morgan fingerprint density at radius 3 is 2.47 bits per heavy atom. The standard InChI is InChI=1S/C25H22N4O/c1-16-12-18(3)29(25(30)23(16)14-26)27-15-21-13-17(2)28(19(21)4)24-11-7-9-20-8-5-6-10-22(20)24/h5-13,15H,1-4H3/b27-15+. The van der Waals surface area contributed by atoms with Crippen molar-refractivity contribution in [1.29, 1.82) is 5.26 Å².